The summed E-state index contributed by atoms with van der Waals surface area (Å²) in [6, 6.07) is 4.37. The van der Waals surface area contributed by atoms with E-state index < -0.39 is 0 Å². The van der Waals surface area contributed by atoms with E-state index in [1.165, 1.54) is 19.3 Å². The van der Waals surface area contributed by atoms with Gasteiger partial charge in [-0.05, 0) is 91.4 Å². The summed E-state index contributed by atoms with van der Waals surface area (Å²) < 4.78 is 1.69. The third kappa shape index (κ3) is 6.74. The van der Waals surface area contributed by atoms with Crippen LogP contribution in [-0.2, 0) is 4.79 Å². The van der Waals surface area contributed by atoms with Gasteiger partial charge in [-0.1, -0.05) is 19.3 Å². The predicted molar refractivity (Wildman–Crippen MR) is 163 cm³/mol. The van der Waals surface area contributed by atoms with Crippen LogP contribution in [0.15, 0.2) is 23.1 Å². The van der Waals surface area contributed by atoms with Crippen LogP contribution in [-0.4, -0.2) is 61.5 Å². The van der Waals surface area contributed by atoms with E-state index in [1.807, 2.05) is 26.8 Å². The van der Waals surface area contributed by atoms with E-state index >= 15 is 0 Å². The summed E-state index contributed by atoms with van der Waals surface area (Å²) in [6.07, 6.45) is 12.5. The van der Waals surface area contributed by atoms with Crippen LogP contribution in [0.4, 0.5) is 11.8 Å². The summed E-state index contributed by atoms with van der Waals surface area (Å²) in [6.45, 7) is 5.78. The van der Waals surface area contributed by atoms with E-state index in [1.54, 1.807) is 16.8 Å². The molecule has 3 aromatic rings. The summed E-state index contributed by atoms with van der Waals surface area (Å²) in [5.74, 6) is 1.47. The zero-order valence-corrected chi connectivity index (χ0v) is 25.1. The molecule has 41 heavy (non-hydrogen) atoms. The van der Waals surface area contributed by atoms with Gasteiger partial charge in [-0.25, -0.2) is 15.0 Å². The van der Waals surface area contributed by atoms with Gasteiger partial charge >= 0.3 is 0 Å². The molecular formula is C31H44N8O2. The first-order chi connectivity index (χ1) is 19.7. The Morgan fingerprint density at radius 2 is 1.76 bits per heavy atom. The SMILES string of the molecule is Cc1nc(NC(=O)CC2CCCCC2)ccc1-c1nc2cnc(NC3CCC(N(C)C)CC3)nc2n(C(C)C)c1=O. The maximum absolute atomic E-state index is 13.8. The Kier molecular flexibility index (Phi) is 8.97. The molecular weight excluding hydrogens is 516 g/mol. The highest BCUT2D eigenvalue weighted by molar-refractivity contribution is 5.90. The van der Waals surface area contributed by atoms with E-state index in [0.29, 0.717) is 64.3 Å². The smallest absolute Gasteiger partial charge is 0.279 e. The highest BCUT2D eigenvalue weighted by Gasteiger charge is 2.24. The first-order valence-corrected chi connectivity index (χ1v) is 15.2. The lowest BCUT2D eigenvalue weighted by Gasteiger charge is -2.32. The number of aryl methyl sites for hydroxylation is 1. The second-order valence-corrected chi connectivity index (χ2v) is 12.3. The highest BCUT2D eigenvalue weighted by Crippen LogP contribution is 2.28. The molecule has 5 rings (SSSR count). The van der Waals surface area contributed by atoms with Crippen molar-refractivity contribution in [3.05, 3.63) is 34.4 Å². The number of rotatable bonds is 8. The van der Waals surface area contributed by atoms with Crippen LogP contribution in [0.3, 0.4) is 0 Å². The number of aromatic nitrogens is 5. The van der Waals surface area contributed by atoms with Crippen molar-refractivity contribution < 1.29 is 4.79 Å². The Labute approximate surface area is 242 Å². The number of carbonyl (C=O) groups excluding carboxylic acids is 1. The molecule has 2 saturated carbocycles. The fraction of sp³-hybridized carbons (Fsp3) is 0.613. The van der Waals surface area contributed by atoms with E-state index in [-0.39, 0.29) is 17.5 Å². The van der Waals surface area contributed by atoms with Gasteiger partial charge in [-0.2, -0.15) is 4.98 Å². The Hall–Kier alpha value is -3.40. The van der Waals surface area contributed by atoms with Crippen molar-refractivity contribution >= 4 is 28.8 Å². The Bertz CT molecular complexity index is 1440. The molecule has 3 aromatic heterocycles. The zero-order valence-electron chi connectivity index (χ0n) is 25.1. The molecule has 0 aromatic carbocycles. The molecule has 0 bridgehead atoms. The van der Waals surface area contributed by atoms with Gasteiger partial charge in [0.05, 0.1) is 6.20 Å². The molecule has 1 amide bonds. The quantitative estimate of drug-likeness (QED) is 0.380. The number of nitrogens with zero attached hydrogens (tertiary/aromatic N) is 6. The number of fused-ring (bicyclic) bond motifs is 1. The average molecular weight is 561 g/mol. The first-order valence-electron chi connectivity index (χ1n) is 15.2. The summed E-state index contributed by atoms with van der Waals surface area (Å²) in [5, 5.41) is 6.44. The standard InChI is InChI=1S/C31H44N8O2/c1-19(2)39-29-25(18-32-31(37-29)34-22-11-13-23(14-12-22)38(4)5)35-28(30(39)41)24-15-16-26(33-20(24)3)36-27(40)17-21-9-7-6-8-10-21/h15-16,18-19,21-23H,6-14,17H2,1-5H3,(H,32,34,37)(H,33,36,40). The van der Waals surface area contributed by atoms with Gasteiger partial charge < -0.3 is 15.5 Å². The van der Waals surface area contributed by atoms with Crippen LogP contribution in [0.5, 0.6) is 0 Å². The number of hydrogen-bond acceptors (Lipinski definition) is 8. The summed E-state index contributed by atoms with van der Waals surface area (Å²) in [7, 11) is 4.28. The highest BCUT2D eigenvalue weighted by atomic mass is 16.1. The summed E-state index contributed by atoms with van der Waals surface area (Å²) >= 11 is 0. The van der Waals surface area contributed by atoms with Crippen molar-refractivity contribution in [3.8, 4) is 11.3 Å². The third-order valence-electron chi connectivity index (χ3n) is 8.72. The Balaban J connectivity index is 1.37. The normalized spacial score (nSPS) is 20.1. The first kappa shape index (κ1) is 29.1. The van der Waals surface area contributed by atoms with E-state index in [0.717, 1.165) is 38.5 Å². The van der Waals surface area contributed by atoms with Gasteiger partial charge in [0.1, 0.15) is 17.0 Å². The number of amides is 1. The summed E-state index contributed by atoms with van der Waals surface area (Å²) in [4.78, 5) is 47.4. The number of pyridine rings is 1. The molecule has 0 aliphatic heterocycles. The van der Waals surface area contributed by atoms with Crippen LogP contribution in [0.1, 0.15) is 89.8 Å². The van der Waals surface area contributed by atoms with Crippen molar-refractivity contribution in [1.29, 1.82) is 0 Å². The van der Waals surface area contributed by atoms with Gasteiger partial charge in [-0.15, -0.1) is 0 Å². The van der Waals surface area contributed by atoms with Crippen molar-refractivity contribution in [1.82, 2.24) is 29.4 Å². The van der Waals surface area contributed by atoms with Crippen LogP contribution in [0, 0.1) is 12.8 Å². The van der Waals surface area contributed by atoms with Crippen molar-refractivity contribution in [2.24, 2.45) is 5.92 Å². The molecule has 10 heteroatoms. The number of carbonyl (C=O) groups is 1. The van der Waals surface area contributed by atoms with Crippen molar-refractivity contribution in [3.63, 3.8) is 0 Å². The van der Waals surface area contributed by atoms with Gasteiger partial charge in [-0.3, -0.25) is 14.2 Å². The molecule has 0 atom stereocenters. The number of nitrogens with one attached hydrogen (secondary N) is 2. The minimum absolute atomic E-state index is 0.00477. The van der Waals surface area contributed by atoms with Gasteiger partial charge in [0, 0.05) is 35.8 Å². The van der Waals surface area contributed by atoms with Gasteiger partial charge in [0.2, 0.25) is 11.9 Å². The number of anilines is 2. The minimum atomic E-state index is -0.220. The molecule has 2 aliphatic rings. The Morgan fingerprint density at radius 3 is 2.41 bits per heavy atom. The van der Waals surface area contributed by atoms with Gasteiger partial charge in [0.15, 0.2) is 5.65 Å². The predicted octanol–water partition coefficient (Wildman–Crippen LogP) is 5.33. The molecule has 0 unspecified atom stereocenters. The van der Waals surface area contributed by atoms with Crippen molar-refractivity contribution in [2.75, 3.05) is 24.7 Å². The lowest BCUT2D eigenvalue weighted by molar-refractivity contribution is -0.117. The van der Waals surface area contributed by atoms with E-state index in [4.69, 9.17) is 9.97 Å². The van der Waals surface area contributed by atoms with E-state index in [9.17, 15) is 9.59 Å². The molecule has 2 fully saturated rings. The lowest BCUT2D eigenvalue weighted by Crippen LogP contribution is -2.36. The van der Waals surface area contributed by atoms with Crippen LogP contribution in [0.2, 0.25) is 0 Å². The Morgan fingerprint density at radius 1 is 1.02 bits per heavy atom. The molecule has 3 heterocycles. The second-order valence-electron chi connectivity index (χ2n) is 12.3. The third-order valence-corrected chi connectivity index (χ3v) is 8.72. The largest absolute Gasteiger partial charge is 0.351 e. The molecule has 2 aliphatic carbocycles. The van der Waals surface area contributed by atoms with Crippen LogP contribution >= 0.6 is 0 Å². The second kappa shape index (κ2) is 12.6. The summed E-state index contributed by atoms with van der Waals surface area (Å²) in [5.41, 5.74) is 2.43. The molecule has 2 N–H and O–H groups in total. The molecule has 10 nitrogen and oxygen atoms in total. The molecule has 220 valence electrons. The van der Waals surface area contributed by atoms with Crippen LogP contribution in [0.25, 0.3) is 22.4 Å². The zero-order chi connectivity index (χ0) is 29.1. The van der Waals surface area contributed by atoms with Crippen molar-refractivity contribution in [2.45, 2.75) is 103 Å². The number of hydrogen-bond donors (Lipinski definition) is 2. The average Bonchev–Trinajstić information content (AvgIpc) is 2.93. The molecule has 0 radical (unpaired) electrons. The minimum Gasteiger partial charge on any atom is -0.351 e. The maximum Gasteiger partial charge on any atom is 0.279 e. The fourth-order valence-corrected chi connectivity index (χ4v) is 6.37. The topological polar surface area (TPSA) is 118 Å². The maximum atomic E-state index is 13.8. The lowest BCUT2D eigenvalue weighted by atomic mass is 9.87. The van der Waals surface area contributed by atoms with Gasteiger partial charge in [0.25, 0.3) is 5.56 Å². The van der Waals surface area contributed by atoms with E-state index in [2.05, 4.69) is 39.6 Å². The van der Waals surface area contributed by atoms with Crippen LogP contribution < -0.4 is 16.2 Å². The fourth-order valence-electron chi connectivity index (χ4n) is 6.37. The monoisotopic (exact) mass is 560 g/mol. The molecule has 0 spiro atoms. The molecule has 0 saturated heterocycles.